The highest BCUT2D eigenvalue weighted by Crippen LogP contribution is 2.25. The third-order valence-electron chi connectivity index (χ3n) is 4.90. The first-order chi connectivity index (χ1) is 13.3. The van der Waals surface area contributed by atoms with Crippen LogP contribution >= 0.6 is 0 Å². The average molecular weight is 413 g/mol. The summed E-state index contributed by atoms with van der Waals surface area (Å²) in [7, 11) is -0.0429. The summed E-state index contributed by atoms with van der Waals surface area (Å²) in [5, 5.41) is 2.69. The van der Waals surface area contributed by atoms with Gasteiger partial charge in [-0.2, -0.15) is 0 Å². The monoisotopic (exact) mass is 412 g/mol. The molecule has 1 aliphatic rings. The minimum Gasteiger partial charge on any atom is -0.497 e. The lowest BCUT2D eigenvalue weighted by atomic mass is 9.95. The lowest BCUT2D eigenvalue weighted by Crippen LogP contribution is -2.43. The van der Waals surface area contributed by atoms with Crippen LogP contribution in [-0.2, 0) is 14.6 Å². The molecule has 156 valence electrons. The molecule has 0 saturated carbocycles. The zero-order valence-electron chi connectivity index (χ0n) is 16.6. The Bertz CT molecular complexity index is 778. The zero-order valence-corrected chi connectivity index (χ0v) is 17.4. The first-order valence-corrected chi connectivity index (χ1v) is 11.1. The summed E-state index contributed by atoms with van der Waals surface area (Å²) in [6, 6.07) is 5.03. The Hall–Kier alpha value is -2.29. The molecule has 1 aromatic rings. The highest BCUT2D eigenvalue weighted by Gasteiger charge is 2.28. The molecule has 1 saturated heterocycles. The Labute approximate surface area is 166 Å². The first-order valence-electron chi connectivity index (χ1n) is 9.30. The van der Waals surface area contributed by atoms with Gasteiger partial charge in [0, 0.05) is 42.9 Å². The van der Waals surface area contributed by atoms with Gasteiger partial charge in [-0.1, -0.05) is 6.92 Å². The fraction of sp³-hybridized carbons (Fsp3) is 0.579. The van der Waals surface area contributed by atoms with Gasteiger partial charge in [0.1, 0.15) is 11.5 Å². The maximum absolute atomic E-state index is 12.8. The fourth-order valence-electron chi connectivity index (χ4n) is 3.08. The van der Waals surface area contributed by atoms with Crippen molar-refractivity contribution in [2.75, 3.05) is 45.4 Å². The largest absolute Gasteiger partial charge is 0.497 e. The van der Waals surface area contributed by atoms with Crippen LogP contribution in [0.4, 0.5) is 0 Å². The molecule has 0 radical (unpaired) electrons. The Morgan fingerprint density at radius 1 is 1.11 bits per heavy atom. The molecule has 0 spiro atoms. The maximum Gasteiger partial charge on any atom is 0.254 e. The molecular formula is C19H28N2O6S. The lowest BCUT2D eigenvalue weighted by Gasteiger charge is -2.31. The second kappa shape index (κ2) is 9.77. The number of nitrogens with zero attached hydrogens (tertiary/aromatic N) is 1. The molecule has 0 aromatic heterocycles. The molecule has 2 rings (SSSR count). The van der Waals surface area contributed by atoms with Crippen molar-refractivity contribution >= 4 is 21.7 Å². The van der Waals surface area contributed by atoms with Crippen LogP contribution in [0, 0.1) is 5.92 Å². The number of amides is 2. The van der Waals surface area contributed by atoms with Gasteiger partial charge in [-0.05, 0) is 25.0 Å². The van der Waals surface area contributed by atoms with Crippen molar-refractivity contribution in [3.63, 3.8) is 0 Å². The Kier molecular flexibility index (Phi) is 7.68. The predicted molar refractivity (Wildman–Crippen MR) is 106 cm³/mol. The molecule has 2 amide bonds. The minimum absolute atomic E-state index is 0.0513. The number of rotatable bonds is 8. The van der Waals surface area contributed by atoms with Crippen LogP contribution in [0.1, 0.15) is 30.1 Å². The maximum atomic E-state index is 12.8. The van der Waals surface area contributed by atoms with E-state index in [1.54, 1.807) is 30.0 Å². The number of sulfone groups is 1. The normalized spacial score (nSPS) is 15.2. The molecule has 0 unspecified atom stereocenters. The number of benzene rings is 1. The van der Waals surface area contributed by atoms with Gasteiger partial charge in [0.15, 0.2) is 9.84 Å². The molecule has 9 heteroatoms. The molecule has 1 heterocycles. The predicted octanol–water partition coefficient (Wildman–Crippen LogP) is 1.11. The Balaban J connectivity index is 1.89. The number of nitrogens with one attached hydrogen (secondary N) is 1. The number of carbonyl (C=O) groups excluding carboxylic acids is 2. The van der Waals surface area contributed by atoms with Crippen molar-refractivity contribution in [1.82, 2.24) is 10.2 Å². The van der Waals surface area contributed by atoms with Crippen molar-refractivity contribution in [2.24, 2.45) is 5.92 Å². The molecule has 1 fully saturated rings. The quantitative estimate of drug-likeness (QED) is 0.686. The van der Waals surface area contributed by atoms with E-state index in [0.29, 0.717) is 43.0 Å². The third kappa shape index (κ3) is 5.85. The molecule has 1 aromatic carbocycles. The number of likely N-dealkylation sites (tertiary alicyclic amines) is 1. The summed E-state index contributed by atoms with van der Waals surface area (Å²) < 4.78 is 33.4. The summed E-state index contributed by atoms with van der Waals surface area (Å²) in [4.78, 5) is 26.7. The van der Waals surface area contributed by atoms with Gasteiger partial charge in [-0.15, -0.1) is 0 Å². The second-order valence-corrected chi connectivity index (χ2v) is 9.17. The Morgan fingerprint density at radius 3 is 2.18 bits per heavy atom. The van der Waals surface area contributed by atoms with Crippen LogP contribution in [0.3, 0.4) is 0 Å². The molecular weight excluding hydrogens is 384 g/mol. The molecule has 1 aliphatic heterocycles. The van der Waals surface area contributed by atoms with Crippen LogP contribution in [0.15, 0.2) is 18.2 Å². The van der Waals surface area contributed by atoms with Crippen LogP contribution in [0.2, 0.25) is 0 Å². The lowest BCUT2D eigenvalue weighted by molar-refractivity contribution is -0.126. The van der Waals surface area contributed by atoms with E-state index in [0.717, 1.165) is 0 Å². The van der Waals surface area contributed by atoms with Gasteiger partial charge < -0.3 is 19.7 Å². The van der Waals surface area contributed by atoms with Crippen molar-refractivity contribution in [3.8, 4) is 11.5 Å². The molecule has 0 atom stereocenters. The van der Waals surface area contributed by atoms with Gasteiger partial charge in [0.05, 0.1) is 20.0 Å². The van der Waals surface area contributed by atoms with E-state index in [1.165, 1.54) is 14.2 Å². The molecule has 0 aliphatic carbocycles. The van der Waals surface area contributed by atoms with Crippen molar-refractivity contribution in [1.29, 1.82) is 0 Å². The molecule has 1 N–H and O–H groups in total. The van der Waals surface area contributed by atoms with E-state index in [2.05, 4.69) is 5.32 Å². The number of hydrogen-bond acceptors (Lipinski definition) is 6. The smallest absolute Gasteiger partial charge is 0.254 e. The highest BCUT2D eigenvalue weighted by molar-refractivity contribution is 7.91. The second-order valence-electron chi connectivity index (χ2n) is 6.70. The molecule has 28 heavy (non-hydrogen) atoms. The average Bonchev–Trinajstić information content (AvgIpc) is 2.72. The van der Waals surface area contributed by atoms with E-state index >= 15 is 0 Å². The molecule has 8 nitrogen and oxygen atoms in total. The number of carbonyl (C=O) groups is 2. The highest BCUT2D eigenvalue weighted by atomic mass is 32.2. The number of hydrogen-bond donors (Lipinski definition) is 1. The number of ether oxygens (including phenoxy) is 2. The summed E-state index contributed by atoms with van der Waals surface area (Å²) in [6.45, 7) is 2.63. The van der Waals surface area contributed by atoms with Gasteiger partial charge in [-0.25, -0.2) is 8.42 Å². The van der Waals surface area contributed by atoms with Crippen molar-refractivity contribution < 1.29 is 27.5 Å². The summed E-state index contributed by atoms with van der Waals surface area (Å²) in [6.07, 6.45) is 1.08. The number of piperidine rings is 1. The SMILES string of the molecule is CCS(=O)(=O)CCNC(=O)C1CCN(C(=O)c2cc(OC)cc(OC)c2)CC1. The van der Waals surface area contributed by atoms with Crippen LogP contribution < -0.4 is 14.8 Å². The summed E-state index contributed by atoms with van der Waals surface area (Å²) in [5.41, 5.74) is 0.476. The van der Waals surface area contributed by atoms with E-state index in [4.69, 9.17) is 9.47 Å². The van der Waals surface area contributed by atoms with Gasteiger partial charge in [-0.3, -0.25) is 9.59 Å². The Morgan fingerprint density at radius 2 is 1.68 bits per heavy atom. The van der Waals surface area contributed by atoms with E-state index in [9.17, 15) is 18.0 Å². The first kappa shape index (κ1) is 22.0. The minimum atomic E-state index is -3.10. The van der Waals surface area contributed by atoms with Gasteiger partial charge in [0.25, 0.3) is 5.91 Å². The van der Waals surface area contributed by atoms with Crippen LogP contribution in [0.5, 0.6) is 11.5 Å². The standard InChI is InChI=1S/C19H28N2O6S/c1-4-28(24,25)10-7-20-18(22)14-5-8-21(9-6-14)19(23)15-11-16(26-2)13-17(12-15)27-3/h11-14H,4-10H2,1-3H3,(H,20,22). The topological polar surface area (TPSA) is 102 Å². The van der Waals surface area contributed by atoms with Crippen molar-refractivity contribution in [2.45, 2.75) is 19.8 Å². The summed E-state index contributed by atoms with van der Waals surface area (Å²) >= 11 is 0. The van der Waals surface area contributed by atoms with Crippen LogP contribution in [-0.4, -0.2) is 70.5 Å². The van der Waals surface area contributed by atoms with Crippen molar-refractivity contribution in [3.05, 3.63) is 23.8 Å². The zero-order chi connectivity index (χ0) is 20.7. The summed E-state index contributed by atoms with van der Waals surface area (Å²) in [5.74, 6) is 0.598. The fourth-order valence-corrected chi connectivity index (χ4v) is 3.78. The third-order valence-corrected chi connectivity index (χ3v) is 6.61. The van der Waals surface area contributed by atoms with Crippen LogP contribution in [0.25, 0.3) is 0 Å². The van der Waals surface area contributed by atoms with E-state index < -0.39 is 9.84 Å². The van der Waals surface area contributed by atoms with E-state index in [-0.39, 0.29) is 35.8 Å². The van der Waals surface area contributed by atoms with E-state index in [1.807, 2.05) is 0 Å². The van der Waals surface area contributed by atoms with Gasteiger partial charge in [0.2, 0.25) is 5.91 Å². The number of methoxy groups -OCH3 is 2. The van der Waals surface area contributed by atoms with Gasteiger partial charge >= 0.3 is 0 Å². The molecule has 0 bridgehead atoms.